The quantitative estimate of drug-likeness (QED) is 0.566. The molecule has 1 aromatic rings. The molecule has 0 atom stereocenters. The van der Waals surface area contributed by atoms with Crippen LogP contribution in [-0.2, 0) is 4.79 Å². The Bertz CT molecular complexity index is 409. The Balaban J connectivity index is 2.32. The first kappa shape index (κ1) is 11.7. The Kier molecular flexibility index (Phi) is 4.54. The Morgan fingerprint density at radius 2 is 1.94 bits per heavy atom. The Morgan fingerprint density at radius 1 is 1.25 bits per heavy atom. The van der Waals surface area contributed by atoms with Crippen LogP contribution in [0.25, 0.3) is 0 Å². The van der Waals surface area contributed by atoms with E-state index in [0.717, 1.165) is 0 Å². The van der Waals surface area contributed by atoms with E-state index in [9.17, 15) is 9.59 Å². The molecule has 1 rings (SSSR count). The van der Waals surface area contributed by atoms with Gasteiger partial charge in [-0.1, -0.05) is 18.2 Å². The van der Waals surface area contributed by atoms with Crippen LogP contribution in [0.1, 0.15) is 16.8 Å². The zero-order chi connectivity index (χ0) is 11.8. The van der Waals surface area contributed by atoms with Crippen molar-refractivity contribution in [3.8, 4) is 6.19 Å². The number of carbonyl (C=O) groups is 2. The maximum Gasteiger partial charge on any atom is 0.251 e. The van der Waals surface area contributed by atoms with Gasteiger partial charge in [0.25, 0.3) is 5.91 Å². The van der Waals surface area contributed by atoms with Crippen molar-refractivity contribution >= 4 is 11.8 Å². The molecular weight excluding hydrogens is 206 g/mol. The molecule has 16 heavy (non-hydrogen) atoms. The topological polar surface area (TPSA) is 82.0 Å². The van der Waals surface area contributed by atoms with Gasteiger partial charge >= 0.3 is 0 Å². The molecule has 0 aliphatic rings. The highest BCUT2D eigenvalue weighted by molar-refractivity contribution is 5.94. The van der Waals surface area contributed by atoms with Crippen molar-refractivity contribution in [2.75, 3.05) is 6.54 Å². The van der Waals surface area contributed by atoms with Gasteiger partial charge in [-0.15, -0.1) is 0 Å². The van der Waals surface area contributed by atoms with Crippen molar-refractivity contribution in [1.82, 2.24) is 10.6 Å². The molecule has 0 spiro atoms. The van der Waals surface area contributed by atoms with Crippen LogP contribution >= 0.6 is 0 Å². The van der Waals surface area contributed by atoms with Crippen LogP contribution in [0.3, 0.4) is 0 Å². The van der Waals surface area contributed by atoms with Crippen molar-refractivity contribution in [2.45, 2.75) is 6.42 Å². The monoisotopic (exact) mass is 217 g/mol. The van der Waals surface area contributed by atoms with Gasteiger partial charge in [0.15, 0.2) is 6.19 Å². The van der Waals surface area contributed by atoms with E-state index in [-0.39, 0.29) is 18.9 Å². The lowest BCUT2D eigenvalue weighted by Crippen LogP contribution is -2.28. The number of amides is 2. The molecule has 0 unspecified atom stereocenters. The number of nitrogens with zero attached hydrogens (tertiary/aromatic N) is 1. The van der Waals surface area contributed by atoms with E-state index in [1.54, 1.807) is 24.3 Å². The fourth-order valence-corrected chi connectivity index (χ4v) is 1.11. The molecule has 0 heterocycles. The Labute approximate surface area is 93.1 Å². The molecule has 0 aromatic heterocycles. The average molecular weight is 217 g/mol. The minimum atomic E-state index is -0.407. The van der Waals surface area contributed by atoms with E-state index < -0.39 is 5.91 Å². The summed E-state index contributed by atoms with van der Waals surface area (Å²) < 4.78 is 0. The predicted octanol–water partition coefficient (Wildman–Crippen LogP) is 0.404. The fourth-order valence-electron chi connectivity index (χ4n) is 1.11. The summed E-state index contributed by atoms with van der Waals surface area (Å²) in [6, 6.07) is 8.71. The summed E-state index contributed by atoms with van der Waals surface area (Å²) in [6.07, 6.45) is 1.61. The maximum absolute atomic E-state index is 11.5. The summed E-state index contributed by atoms with van der Waals surface area (Å²) in [5.41, 5.74) is 0.545. The van der Waals surface area contributed by atoms with Crippen LogP contribution in [0.4, 0.5) is 0 Å². The van der Waals surface area contributed by atoms with Gasteiger partial charge in [0, 0.05) is 18.5 Å². The third kappa shape index (κ3) is 3.80. The van der Waals surface area contributed by atoms with E-state index in [1.807, 2.05) is 11.4 Å². The van der Waals surface area contributed by atoms with Crippen LogP contribution in [0.2, 0.25) is 0 Å². The molecule has 0 aliphatic carbocycles. The number of nitriles is 1. The Hall–Kier alpha value is -2.35. The molecule has 0 radical (unpaired) electrons. The van der Waals surface area contributed by atoms with Crippen LogP contribution in [0, 0.1) is 11.5 Å². The van der Waals surface area contributed by atoms with Crippen LogP contribution in [-0.4, -0.2) is 18.4 Å². The van der Waals surface area contributed by atoms with Gasteiger partial charge in [0.1, 0.15) is 0 Å². The summed E-state index contributed by atoms with van der Waals surface area (Å²) in [7, 11) is 0. The molecule has 2 N–H and O–H groups in total. The molecular formula is C11H11N3O2. The zero-order valence-electron chi connectivity index (χ0n) is 8.56. The molecule has 1 aromatic carbocycles. The standard InChI is InChI=1S/C11H11N3O2/c12-8-14-10(15)6-7-13-11(16)9-4-2-1-3-5-9/h1-5H,6-7H2,(H,13,16)(H,14,15). The normalized spacial score (nSPS) is 8.94. The maximum atomic E-state index is 11.5. The average Bonchev–Trinajstić information content (AvgIpc) is 2.30. The van der Waals surface area contributed by atoms with Crippen LogP contribution in [0.15, 0.2) is 30.3 Å². The largest absolute Gasteiger partial charge is 0.352 e. The SMILES string of the molecule is N#CNC(=O)CCNC(=O)c1ccccc1. The van der Waals surface area contributed by atoms with Crippen molar-refractivity contribution in [1.29, 1.82) is 5.26 Å². The lowest BCUT2D eigenvalue weighted by Gasteiger charge is -2.03. The van der Waals surface area contributed by atoms with Gasteiger partial charge in [-0.25, -0.2) is 0 Å². The lowest BCUT2D eigenvalue weighted by molar-refractivity contribution is -0.119. The van der Waals surface area contributed by atoms with Crippen molar-refractivity contribution < 1.29 is 9.59 Å². The number of hydrogen-bond donors (Lipinski definition) is 2. The first-order valence-electron chi connectivity index (χ1n) is 4.75. The summed E-state index contributed by atoms with van der Waals surface area (Å²) in [6.45, 7) is 0.210. The molecule has 0 bridgehead atoms. The molecule has 0 fully saturated rings. The third-order valence-corrected chi connectivity index (χ3v) is 1.87. The van der Waals surface area contributed by atoms with E-state index in [0.29, 0.717) is 5.56 Å². The van der Waals surface area contributed by atoms with Crippen molar-refractivity contribution in [3.05, 3.63) is 35.9 Å². The van der Waals surface area contributed by atoms with E-state index in [2.05, 4.69) is 5.32 Å². The minimum absolute atomic E-state index is 0.0894. The highest BCUT2D eigenvalue weighted by Gasteiger charge is 2.04. The third-order valence-electron chi connectivity index (χ3n) is 1.87. The fraction of sp³-hybridized carbons (Fsp3) is 0.182. The second-order valence-corrected chi connectivity index (χ2v) is 3.03. The smallest absolute Gasteiger partial charge is 0.251 e. The Morgan fingerprint density at radius 3 is 2.56 bits per heavy atom. The molecule has 5 nitrogen and oxygen atoms in total. The van der Waals surface area contributed by atoms with Gasteiger partial charge in [-0.3, -0.25) is 14.9 Å². The lowest BCUT2D eigenvalue weighted by atomic mass is 10.2. The summed E-state index contributed by atoms with van der Waals surface area (Å²) >= 11 is 0. The number of carbonyl (C=O) groups excluding carboxylic acids is 2. The highest BCUT2D eigenvalue weighted by Crippen LogP contribution is 1.97. The number of nitrogens with one attached hydrogen (secondary N) is 2. The molecule has 0 saturated carbocycles. The minimum Gasteiger partial charge on any atom is -0.352 e. The molecule has 0 saturated heterocycles. The number of rotatable bonds is 4. The van der Waals surface area contributed by atoms with Gasteiger partial charge in [0.2, 0.25) is 5.91 Å². The molecule has 2 amide bonds. The van der Waals surface area contributed by atoms with Gasteiger partial charge in [-0.05, 0) is 12.1 Å². The van der Waals surface area contributed by atoms with Gasteiger partial charge in [0.05, 0.1) is 0 Å². The number of hydrogen-bond acceptors (Lipinski definition) is 3. The number of benzene rings is 1. The van der Waals surface area contributed by atoms with E-state index in [4.69, 9.17) is 5.26 Å². The second kappa shape index (κ2) is 6.19. The molecule has 0 aliphatic heterocycles. The van der Waals surface area contributed by atoms with Gasteiger partial charge in [-0.2, -0.15) is 5.26 Å². The van der Waals surface area contributed by atoms with Crippen LogP contribution in [0.5, 0.6) is 0 Å². The van der Waals surface area contributed by atoms with Crippen molar-refractivity contribution in [3.63, 3.8) is 0 Å². The van der Waals surface area contributed by atoms with E-state index in [1.165, 1.54) is 6.19 Å². The summed E-state index contributed by atoms with van der Waals surface area (Å²) in [4.78, 5) is 22.4. The first-order valence-corrected chi connectivity index (χ1v) is 4.75. The first-order chi connectivity index (χ1) is 7.74. The van der Waals surface area contributed by atoms with Crippen LogP contribution < -0.4 is 10.6 Å². The molecule has 82 valence electrons. The highest BCUT2D eigenvalue weighted by atomic mass is 16.2. The van der Waals surface area contributed by atoms with E-state index >= 15 is 0 Å². The van der Waals surface area contributed by atoms with Gasteiger partial charge < -0.3 is 5.32 Å². The van der Waals surface area contributed by atoms with Crippen molar-refractivity contribution in [2.24, 2.45) is 0 Å². The summed E-state index contributed by atoms with van der Waals surface area (Å²) in [5.74, 6) is -0.638. The zero-order valence-corrected chi connectivity index (χ0v) is 8.56. The summed E-state index contributed by atoms with van der Waals surface area (Å²) in [5, 5.41) is 12.7. The molecule has 5 heteroatoms. The second-order valence-electron chi connectivity index (χ2n) is 3.03. The predicted molar refractivity (Wildman–Crippen MR) is 57.1 cm³/mol.